The largest absolute Gasteiger partial charge is 0.482 e. The van der Waals surface area contributed by atoms with E-state index < -0.39 is 17.7 Å². The van der Waals surface area contributed by atoms with Gasteiger partial charge in [0.1, 0.15) is 11.6 Å². The molecule has 2 aromatic carbocycles. The van der Waals surface area contributed by atoms with Crippen LogP contribution in [0.3, 0.4) is 0 Å². The lowest BCUT2D eigenvalue weighted by atomic mass is 10.1. The Bertz CT molecular complexity index is 1080. The number of aromatic nitrogens is 2. The van der Waals surface area contributed by atoms with Gasteiger partial charge in [0.05, 0.1) is 17.1 Å². The molecule has 4 rings (SSSR count). The van der Waals surface area contributed by atoms with Crippen molar-refractivity contribution >= 4 is 27.5 Å². The highest BCUT2D eigenvalue weighted by Gasteiger charge is 2.35. The van der Waals surface area contributed by atoms with Crippen molar-refractivity contribution in [2.75, 3.05) is 11.9 Å². The van der Waals surface area contributed by atoms with E-state index in [0.717, 1.165) is 22.9 Å². The average Bonchev–Trinajstić information content (AvgIpc) is 3.07. The van der Waals surface area contributed by atoms with Gasteiger partial charge in [-0.2, -0.15) is 18.3 Å². The molecule has 0 aliphatic carbocycles. The van der Waals surface area contributed by atoms with E-state index in [1.54, 1.807) is 6.07 Å². The predicted molar refractivity (Wildman–Crippen MR) is 95.8 cm³/mol. The molecule has 0 radical (unpaired) electrons. The Morgan fingerprint density at radius 2 is 1.86 bits per heavy atom. The Kier molecular flexibility index (Phi) is 4.37. The first kappa shape index (κ1) is 18.5. The fourth-order valence-corrected chi connectivity index (χ4v) is 3.31. The molecule has 0 saturated carbocycles. The van der Waals surface area contributed by atoms with Gasteiger partial charge in [0.15, 0.2) is 12.3 Å². The molecule has 0 saturated heterocycles. The smallest absolute Gasteiger partial charge is 0.435 e. The standard InChI is InChI=1S/C18H10BrF4N3O2/c19-12-6-15-13(24-17(27)8-28-15)5-11(12)14-7-16(18(21,22)23)25-26(14)10-3-1-9(20)2-4-10/h1-7H,8H2,(H,24,27). The Hall–Kier alpha value is -2.88. The number of hydrogen-bond donors (Lipinski definition) is 1. The number of anilines is 1. The number of nitrogens with zero attached hydrogens (tertiary/aromatic N) is 2. The highest BCUT2D eigenvalue weighted by atomic mass is 79.9. The Morgan fingerprint density at radius 1 is 1.14 bits per heavy atom. The van der Waals surface area contributed by atoms with Crippen LogP contribution < -0.4 is 10.1 Å². The molecule has 0 atom stereocenters. The molecule has 1 aromatic heterocycles. The number of nitrogens with one attached hydrogen (secondary N) is 1. The highest BCUT2D eigenvalue weighted by Crippen LogP contribution is 2.41. The van der Waals surface area contributed by atoms with E-state index in [1.807, 2.05) is 0 Å². The second-order valence-electron chi connectivity index (χ2n) is 5.97. The van der Waals surface area contributed by atoms with Crippen molar-refractivity contribution in [2.24, 2.45) is 0 Å². The minimum atomic E-state index is -4.67. The summed E-state index contributed by atoms with van der Waals surface area (Å²) in [4.78, 5) is 11.6. The van der Waals surface area contributed by atoms with Gasteiger partial charge in [-0.3, -0.25) is 4.79 Å². The average molecular weight is 456 g/mol. The van der Waals surface area contributed by atoms with Gasteiger partial charge in [0.25, 0.3) is 5.91 Å². The Balaban J connectivity index is 1.92. The molecule has 1 aliphatic heterocycles. The lowest BCUT2D eigenvalue weighted by Gasteiger charge is -2.20. The minimum absolute atomic E-state index is 0.105. The van der Waals surface area contributed by atoms with Crippen LogP contribution in [0.4, 0.5) is 23.2 Å². The molecule has 1 amide bonds. The van der Waals surface area contributed by atoms with E-state index in [1.165, 1.54) is 18.2 Å². The summed E-state index contributed by atoms with van der Waals surface area (Å²) in [5.41, 5.74) is -0.0753. The zero-order valence-corrected chi connectivity index (χ0v) is 15.4. The maximum absolute atomic E-state index is 13.3. The number of benzene rings is 2. The number of hydrogen-bond acceptors (Lipinski definition) is 3. The number of amides is 1. The van der Waals surface area contributed by atoms with Crippen molar-refractivity contribution in [1.29, 1.82) is 0 Å². The molecule has 10 heteroatoms. The molecule has 1 aliphatic rings. The van der Waals surface area contributed by atoms with Crippen LogP contribution in [-0.2, 0) is 11.0 Å². The van der Waals surface area contributed by atoms with Gasteiger partial charge < -0.3 is 10.1 Å². The van der Waals surface area contributed by atoms with Crippen molar-refractivity contribution in [2.45, 2.75) is 6.18 Å². The summed E-state index contributed by atoms with van der Waals surface area (Å²) in [6.45, 7) is -0.148. The van der Waals surface area contributed by atoms with Crippen LogP contribution in [0.2, 0.25) is 0 Å². The summed E-state index contributed by atoms with van der Waals surface area (Å²) in [7, 11) is 0. The summed E-state index contributed by atoms with van der Waals surface area (Å²) < 4.78 is 59.9. The number of rotatable bonds is 2. The fourth-order valence-electron chi connectivity index (χ4n) is 2.79. The SMILES string of the molecule is O=C1COc2cc(Br)c(-c3cc(C(F)(F)F)nn3-c3ccc(F)cc3)cc2N1. The van der Waals surface area contributed by atoms with Gasteiger partial charge >= 0.3 is 6.18 Å². The second kappa shape index (κ2) is 6.62. The Labute approximate surface area is 164 Å². The van der Waals surface area contributed by atoms with E-state index in [0.29, 0.717) is 21.5 Å². The van der Waals surface area contributed by atoms with Crippen molar-refractivity contribution in [1.82, 2.24) is 9.78 Å². The molecule has 1 N–H and O–H groups in total. The van der Waals surface area contributed by atoms with E-state index in [9.17, 15) is 22.4 Å². The second-order valence-corrected chi connectivity index (χ2v) is 6.82. The van der Waals surface area contributed by atoms with Crippen LogP contribution in [-0.4, -0.2) is 22.3 Å². The highest BCUT2D eigenvalue weighted by molar-refractivity contribution is 9.10. The van der Waals surface area contributed by atoms with Crippen LogP contribution in [0.15, 0.2) is 46.9 Å². The third-order valence-electron chi connectivity index (χ3n) is 4.05. The fraction of sp³-hybridized carbons (Fsp3) is 0.111. The number of ether oxygens (including phenoxy) is 1. The molecule has 2 heterocycles. The van der Waals surface area contributed by atoms with Gasteiger partial charge in [-0.05, 0) is 58.4 Å². The van der Waals surface area contributed by atoms with Crippen molar-refractivity contribution in [3.8, 4) is 22.7 Å². The topological polar surface area (TPSA) is 56.1 Å². The van der Waals surface area contributed by atoms with Gasteiger partial charge in [0.2, 0.25) is 0 Å². The molecular weight excluding hydrogens is 446 g/mol. The molecular formula is C18H10BrF4N3O2. The molecule has 28 heavy (non-hydrogen) atoms. The summed E-state index contributed by atoms with van der Waals surface area (Å²) in [5.74, 6) is -0.508. The lowest BCUT2D eigenvalue weighted by molar-refractivity contribution is -0.141. The van der Waals surface area contributed by atoms with Crippen LogP contribution in [0, 0.1) is 5.82 Å². The molecule has 0 unspecified atom stereocenters. The van der Waals surface area contributed by atoms with Crippen molar-refractivity contribution in [3.05, 3.63) is 58.4 Å². The van der Waals surface area contributed by atoms with Crippen LogP contribution >= 0.6 is 15.9 Å². The summed E-state index contributed by atoms with van der Waals surface area (Å²) in [6.07, 6.45) is -4.67. The number of carbonyl (C=O) groups excluding carboxylic acids is 1. The normalized spacial score (nSPS) is 13.7. The number of alkyl halides is 3. The molecule has 0 spiro atoms. The van der Waals surface area contributed by atoms with E-state index >= 15 is 0 Å². The first-order valence-corrected chi connectivity index (χ1v) is 8.71. The van der Waals surface area contributed by atoms with Gasteiger partial charge in [0, 0.05) is 10.0 Å². The molecule has 0 bridgehead atoms. The monoisotopic (exact) mass is 455 g/mol. The number of carbonyl (C=O) groups is 1. The summed E-state index contributed by atoms with van der Waals surface area (Å²) >= 11 is 3.33. The third-order valence-corrected chi connectivity index (χ3v) is 4.71. The zero-order valence-electron chi connectivity index (χ0n) is 13.8. The maximum atomic E-state index is 13.3. The molecule has 0 fully saturated rings. The van der Waals surface area contributed by atoms with E-state index in [4.69, 9.17) is 4.74 Å². The van der Waals surface area contributed by atoms with Crippen molar-refractivity contribution < 1.29 is 27.1 Å². The lowest BCUT2D eigenvalue weighted by Crippen LogP contribution is -2.25. The first-order chi connectivity index (χ1) is 13.2. The van der Waals surface area contributed by atoms with Crippen LogP contribution in [0.5, 0.6) is 5.75 Å². The molecule has 3 aromatic rings. The molecule has 144 valence electrons. The summed E-state index contributed by atoms with van der Waals surface area (Å²) in [6, 6.07) is 8.84. The van der Waals surface area contributed by atoms with Gasteiger partial charge in [-0.1, -0.05) is 0 Å². The van der Waals surface area contributed by atoms with Gasteiger partial charge in [-0.25, -0.2) is 9.07 Å². The predicted octanol–water partition coefficient (Wildman–Crippen LogP) is 4.79. The summed E-state index contributed by atoms with van der Waals surface area (Å²) in [5, 5.41) is 6.27. The Morgan fingerprint density at radius 3 is 2.54 bits per heavy atom. The maximum Gasteiger partial charge on any atom is 0.435 e. The number of fused-ring (bicyclic) bond motifs is 1. The van der Waals surface area contributed by atoms with Crippen LogP contribution in [0.25, 0.3) is 16.9 Å². The molecule has 5 nitrogen and oxygen atoms in total. The third kappa shape index (κ3) is 3.35. The van der Waals surface area contributed by atoms with Crippen molar-refractivity contribution in [3.63, 3.8) is 0 Å². The number of halogens is 5. The van der Waals surface area contributed by atoms with E-state index in [-0.39, 0.29) is 23.9 Å². The zero-order chi connectivity index (χ0) is 20.1. The minimum Gasteiger partial charge on any atom is -0.482 e. The first-order valence-electron chi connectivity index (χ1n) is 7.92. The van der Waals surface area contributed by atoms with Crippen LogP contribution in [0.1, 0.15) is 5.69 Å². The van der Waals surface area contributed by atoms with Gasteiger partial charge in [-0.15, -0.1) is 0 Å². The quantitative estimate of drug-likeness (QED) is 0.565. The van der Waals surface area contributed by atoms with E-state index in [2.05, 4.69) is 26.3 Å².